The fourth-order valence-corrected chi connectivity index (χ4v) is 2.68. The second-order valence-electron chi connectivity index (χ2n) is 6.02. The average molecular weight is 343 g/mol. The molecule has 0 aliphatic heterocycles. The van der Waals surface area contributed by atoms with E-state index in [1.54, 1.807) is 6.07 Å². The number of hydrogen-bond donors (Lipinski definition) is 2. The number of nitrogens with one attached hydrogen (secondary N) is 2. The molecule has 1 aromatic heterocycles. The molecule has 0 bridgehead atoms. The van der Waals surface area contributed by atoms with Gasteiger partial charge < -0.3 is 10.6 Å². The Morgan fingerprint density at radius 2 is 1.77 bits per heavy atom. The number of para-hydroxylation sites is 1. The van der Waals surface area contributed by atoms with Gasteiger partial charge in [-0.25, -0.2) is 4.98 Å². The first kappa shape index (κ1) is 17.4. The first-order valence-corrected chi connectivity index (χ1v) is 8.64. The highest BCUT2D eigenvalue weighted by Crippen LogP contribution is 2.19. The second-order valence-corrected chi connectivity index (χ2v) is 6.02. The van der Waals surface area contributed by atoms with Crippen molar-refractivity contribution < 1.29 is 0 Å². The van der Waals surface area contributed by atoms with E-state index in [-0.39, 0.29) is 0 Å². The van der Waals surface area contributed by atoms with Gasteiger partial charge in [0.1, 0.15) is 11.9 Å². The Labute approximate surface area is 153 Å². The van der Waals surface area contributed by atoms with E-state index in [9.17, 15) is 5.26 Å². The molecule has 0 saturated carbocycles. The lowest BCUT2D eigenvalue weighted by Crippen LogP contribution is -2.08. The summed E-state index contributed by atoms with van der Waals surface area (Å²) in [6.45, 7) is 2.76. The summed E-state index contributed by atoms with van der Waals surface area (Å²) in [6.07, 6.45) is 2.05. The van der Waals surface area contributed by atoms with Gasteiger partial charge in [0, 0.05) is 18.3 Å². The first-order valence-electron chi connectivity index (χ1n) is 8.64. The van der Waals surface area contributed by atoms with E-state index in [4.69, 9.17) is 0 Å². The van der Waals surface area contributed by atoms with Crippen molar-refractivity contribution in [2.45, 2.75) is 19.8 Å². The van der Waals surface area contributed by atoms with Crippen molar-refractivity contribution in [1.82, 2.24) is 9.97 Å². The van der Waals surface area contributed by atoms with Gasteiger partial charge in [0.15, 0.2) is 0 Å². The van der Waals surface area contributed by atoms with Crippen LogP contribution in [-0.2, 0) is 6.42 Å². The quantitative estimate of drug-likeness (QED) is 0.620. The molecule has 5 heteroatoms. The van der Waals surface area contributed by atoms with Crippen molar-refractivity contribution in [3.05, 3.63) is 77.5 Å². The van der Waals surface area contributed by atoms with Crippen LogP contribution in [0.25, 0.3) is 0 Å². The van der Waals surface area contributed by atoms with Gasteiger partial charge in [0.05, 0.1) is 11.3 Å². The van der Waals surface area contributed by atoms with Crippen molar-refractivity contribution in [2.24, 2.45) is 0 Å². The number of rotatable bonds is 7. The molecule has 0 aliphatic carbocycles. The number of nitrogens with zero attached hydrogens (tertiary/aromatic N) is 3. The van der Waals surface area contributed by atoms with Crippen molar-refractivity contribution >= 4 is 17.5 Å². The predicted octanol–water partition coefficient (Wildman–Crippen LogP) is 4.45. The summed E-state index contributed by atoms with van der Waals surface area (Å²) in [7, 11) is 0. The molecule has 0 saturated heterocycles. The molecular formula is C21H21N5. The standard InChI is InChI=1S/C21H21N5/c1-16-14-20(23-13-7-10-17-8-3-2-4-9-17)26-21(24-16)25-19-12-6-5-11-18(19)15-22/h2-6,8-9,11-12,14H,7,10,13H2,1H3,(H2,23,24,25,26). The van der Waals surface area contributed by atoms with E-state index < -0.39 is 0 Å². The second kappa shape index (κ2) is 8.63. The van der Waals surface area contributed by atoms with Crippen LogP contribution in [0.15, 0.2) is 60.7 Å². The van der Waals surface area contributed by atoms with Gasteiger partial charge in [-0.3, -0.25) is 0 Å². The Morgan fingerprint density at radius 3 is 2.58 bits per heavy atom. The number of nitriles is 1. The molecule has 0 radical (unpaired) electrons. The van der Waals surface area contributed by atoms with Gasteiger partial charge in [-0.05, 0) is 37.5 Å². The van der Waals surface area contributed by atoms with Gasteiger partial charge in [0.25, 0.3) is 0 Å². The molecule has 0 aliphatic rings. The highest BCUT2D eigenvalue weighted by Gasteiger charge is 2.06. The fraction of sp³-hybridized carbons (Fsp3) is 0.190. The molecule has 26 heavy (non-hydrogen) atoms. The molecule has 0 amide bonds. The van der Waals surface area contributed by atoms with E-state index in [1.807, 2.05) is 37.3 Å². The third-order valence-corrected chi connectivity index (χ3v) is 3.94. The molecule has 0 atom stereocenters. The normalized spacial score (nSPS) is 10.2. The van der Waals surface area contributed by atoms with Crippen LogP contribution in [0.2, 0.25) is 0 Å². The monoisotopic (exact) mass is 343 g/mol. The number of aryl methyl sites for hydroxylation is 2. The Kier molecular flexibility index (Phi) is 5.79. The van der Waals surface area contributed by atoms with Gasteiger partial charge in [-0.1, -0.05) is 42.5 Å². The van der Waals surface area contributed by atoms with Crippen LogP contribution in [-0.4, -0.2) is 16.5 Å². The molecule has 0 fully saturated rings. The van der Waals surface area contributed by atoms with E-state index in [2.05, 4.69) is 50.9 Å². The minimum atomic E-state index is 0.484. The van der Waals surface area contributed by atoms with Crippen LogP contribution in [0.3, 0.4) is 0 Å². The molecule has 0 spiro atoms. The number of hydrogen-bond acceptors (Lipinski definition) is 5. The minimum absolute atomic E-state index is 0.484. The first-order chi connectivity index (χ1) is 12.7. The van der Waals surface area contributed by atoms with Crippen molar-refractivity contribution in [1.29, 1.82) is 5.26 Å². The van der Waals surface area contributed by atoms with E-state index in [1.165, 1.54) is 5.56 Å². The Bertz CT molecular complexity index is 900. The van der Waals surface area contributed by atoms with Crippen molar-refractivity contribution in [3.63, 3.8) is 0 Å². The summed E-state index contributed by atoms with van der Waals surface area (Å²) in [5.74, 6) is 1.26. The molecule has 2 aromatic carbocycles. The number of benzene rings is 2. The van der Waals surface area contributed by atoms with Crippen molar-refractivity contribution in [2.75, 3.05) is 17.2 Å². The van der Waals surface area contributed by atoms with Gasteiger partial charge in [-0.15, -0.1) is 0 Å². The van der Waals surface area contributed by atoms with E-state index >= 15 is 0 Å². The van der Waals surface area contributed by atoms with Crippen LogP contribution in [0.4, 0.5) is 17.5 Å². The van der Waals surface area contributed by atoms with E-state index in [0.717, 1.165) is 30.9 Å². The lowest BCUT2D eigenvalue weighted by Gasteiger charge is -2.11. The lowest BCUT2D eigenvalue weighted by molar-refractivity contribution is 0.857. The zero-order valence-corrected chi connectivity index (χ0v) is 14.7. The van der Waals surface area contributed by atoms with Crippen molar-refractivity contribution in [3.8, 4) is 6.07 Å². The maximum atomic E-state index is 9.20. The minimum Gasteiger partial charge on any atom is -0.370 e. The zero-order valence-electron chi connectivity index (χ0n) is 14.7. The highest BCUT2D eigenvalue weighted by atomic mass is 15.1. The van der Waals surface area contributed by atoms with Crippen LogP contribution < -0.4 is 10.6 Å². The average Bonchev–Trinajstić information content (AvgIpc) is 2.66. The smallest absolute Gasteiger partial charge is 0.229 e. The largest absolute Gasteiger partial charge is 0.370 e. The molecular weight excluding hydrogens is 322 g/mol. The fourth-order valence-electron chi connectivity index (χ4n) is 2.68. The Hall–Kier alpha value is -3.39. The molecule has 5 nitrogen and oxygen atoms in total. The highest BCUT2D eigenvalue weighted by molar-refractivity contribution is 5.63. The number of aromatic nitrogens is 2. The van der Waals surface area contributed by atoms with Gasteiger partial charge in [-0.2, -0.15) is 10.2 Å². The van der Waals surface area contributed by atoms with Gasteiger partial charge >= 0.3 is 0 Å². The van der Waals surface area contributed by atoms with Gasteiger partial charge in [0.2, 0.25) is 5.95 Å². The van der Waals surface area contributed by atoms with Crippen LogP contribution in [0, 0.1) is 18.3 Å². The van der Waals surface area contributed by atoms with Crippen LogP contribution in [0.5, 0.6) is 0 Å². The summed E-state index contributed by atoms with van der Waals surface area (Å²) in [5.41, 5.74) is 3.47. The molecule has 2 N–H and O–H groups in total. The van der Waals surface area contributed by atoms with Crippen LogP contribution >= 0.6 is 0 Å². The maximum absolute atomic E-state index is 9.20. The summed E-state index contributed by atoms with van der Waals surface area (Å²) in [4.78, 5) is 8.91. The molecule has 0 unspecified atom stereocenters. The third-order valence-electron chi connectivity index (χ3n) is 3.94. The van der Waals surface area contributed by atoms with E-state index in [0.29, 0.717) is 17.2 Å². The SMILES string of the molecule is Cc1cc(NCCCc2ccccc2)nc(Nc2ccccc2C#N)n1. The zero-order chi connectivity index (χ0) is 18.2. The predicted molar refractivity (Wildman–Crippen MR) is 104 cm³/mol. The summed E-state index contributed by atoms with van der Waals surface area (Å²) < 4.78 is 0. The van der Waals surface area contributed by atoms with Crippen LogP contribution in [0.1, 0.15) is 23.2 Å². The Balaban J connectivity index is 1.61. The Morgan fingerprint density at radius 1 is 1.00 bits per heavy atom. The molecule has 3 aromatic rings. The maximum Gasteiger partial charge on any atom is 0.229 e. The molecule has 130 valence electrons. The lowest BCUT2D eigenvalue weighted by atomic mass is 10.1. The number of anilines is 3. The summed E-state index contributed by atoms with van der Waals surface area (Å²) >= 11 is 0. The molecule has 3 rings (SSSR count). The summed E-state index contributed by atoms with van der Waals surface area (Å²) in [6, 6.07) is 21.9. The summed E-state index contributed by atoms with van der Waals surface area (Å²) in [5, 5.41) is 15.7. The molecule has 1 heterocycles. The third kappa shape index (κ3) is 4.81. The topological polar surface area (TPSA) is 73.6 Å².